The maximum absolute atomic E-state index is 13.9. The number of nitrogens with one attached hydrogen (secondary N) is 2. The SMILES string of the molecule is CCCC1CC(C)(C)c2cccc(NC(=O)C3CCc4ccccc4NN3C(F)F)c21. The van der Waals surface area contributed by atoms with Gasteiger partial charge < -0.3 is 10.7 Å². The molecule has 2 unspecified atom stereocenters. The lowest BCUT2D eigenvalue weighted by Gasteiger charge is -2.29. The molecule has 2 atom stereocenters. The lowest BCUT2D eigenvalue weighted by Crippen LogP contribution is -2.49. The molecule has 0 fully saturated rings. The van der Waals surface area contributed by atoms with Gasteiger partial charge in [-0.1, -0.05) is 57.5 Å². The smallest absolute Gasteiger partial charge is 0.311 e. The summed E-state index contributed by atoms with van der Waals surface area (Å²) in [6, 6.07) is 12.4. The van der Waals surface area contributed by atoms with Crippen LogP contribution in [0.5, 0.6) is 0 Å². The van der Waals surface area contributed by atoms with Gasteiger partial charge in [0.05, 0.1) is 5.69 Å². The number of para-hydroxylation sites is 1. The summed E-state index contributed by atoms with van der Waals surface area (Å²) < 4.78 is 27.8. The minimum atomic E-state index is -2.80. The summed E-state index contributed by atoms with van der Waals surface area (Å²) in [7, 11) is 0. The Bertz CT molecular complexity index is 960. The first kappa shape index (κ1) is 21.8. The number of aryl methyl sites for hydroxylation is 1. The number of rotatable bonds is 5. The zero-order valence-electron chi connectivity index (χ0n) is 18.4. The van der Waals surface area contributed by atoms with Crippen molar-refractivity contribution in [2.24, 2.45) is 0 Å². The van der Waals surface area contributed by atoms with Crippen molar-refractivity contribution in [1.82, 2.24) is 5.01 Å². The van der Waals surface area contributed by atoms with Crippen LogP contribution >= 0.6 is 0 Å². The number of nitrogens with zero attached hydrogens (tertiary/aromatic N) is 1. The quantitative estimate of drug-likeness (QED) is 0.571. The summed E-state index contributed by atoms with van der Waals surface area (Å²) in [4.78, 5) is 13.3. The third-order valence-electron chi connectivity index (χ3n) is 6.70. The molecule has 0 saturated carbocycles. The maximum atomic E-state index is 13.9. The average molecular weight is 428 g/mol. The summed E-state index contributed by atoms with van der Waals surface area (Å²) in [5.41, 5.74) is 7.59. The fourth-order valence-corrected chi connectivity index (χ4v) is 5.28. The van der Waals surface area contributed by atoms with Crippen LogP contribution in [-0.4, -0.2) is 23.5 Å². The first-order chi connectivity index (χ1) is 14.8. The molecule has 2 aromatic carbocycles. The van der Waals surface area contributed by atoms with Gasteiger partial charge in [-0.3, -0.25) is 4.79 Å². The van der Waals surface area contributed by atoms with Crippen molar-refractivity contribution >= 4 is 17.3 Å². The number of fused-ring (bicyclic) bond motifs is 2. The highest BCUT2D eigenvalue weighted by molar-refractivity contribution is 5.96. The molecule has 1 aliphatic heterocycles. The molecule has 0 radical (unpaired) electrons. The van der Waals surface area contributed by atoms with Crippen molar-refractivity contribution in [2.45, 2.75) is 76.8 Å². The highest BCUT2D eigenvalue weighted by Crippen LogP contribution is 2.50. The summed E-state index contributed by atoms with van der Waals surface area (Å²) in [6.07, 6.45) is 4.02. The van der Waals surface area contributed by atoms with Gasteiger partial charge in [-0.15, -0.1) is 0 Å². The zero-order chi connectivity index (χ0) is 22.2. The molecule has 4 rings (SSSR count). The van der Waals surface area contributed by atoms with E-state index in [2.05, 4.69) is 37.6 Å². The van der Waals surface area contributed by atoms with E-state index >= 15 is 0 Å². The van der Waals surface area contributed by atoms with Gasteiger partial charge in [0.1, 0.15) is 6.04 Å². The number of hydrazine groups is 1. The maximum Gasteiger partial charge on any atom is 0.311 e. The molecule has 0 spiro atoms. The second kappa shape index (κ2) is 8.58. The number of anilines is 2. The van der Waals surface area contributed by atoms with Gasteiger partial charge in [0.2, 0.25) is 5.91 Å². The fraction of sp³-hybridized carbons (Fsp3) is 0.480. The van der Waals surface area contributed by atoms with Crippen LogP contribution in [-0.2, 0) is 16.6 Å². The molecule has 1 heterocycles. The molecule has 1 aliphatic carbocycles. The van der Waals surface area contributed by atoms with E-state index in [1.165, 1.54) is 11.1 Å². The van der Waals surface area contributed by atoms with E-state index < -0.39 is 18.5 Å². The summed E-state index contributed by atoms with van der Waals surface area (Å²) >= 11 is 0. The number of hydrogen-bond donors (Lipinski definition) is 2. The van der Waals surface area contributed by atoms with Crippen LogP contribution < -0.4 is 10.7 Å². The average Bonchev–Trinajstić information content (AvgIpc) is 2.88. The van der Waals surface area contributed by atoms with Crippen LogP contribution in [0.4, 0.5) is 20.2 Å². The molecule has 1 amide bonds. The highest BCUT2D eigenvalue weighted by Gasteiger charge is 2.39. The molecule has 2 N–H and O–H groups in total. The lowest BCUT2D eigenvalue weighted by atomic mass is 9.85. The number of halogens is 2. The molecular formula is C25H31F2N3O. The van der Waals surface area contributed by atoms with Gasteiger partial charge in [0.25, 0.3) is 0 Å². The minimum absolute atomic E-state index is 0.0381. The van der Waals surface area contributed by atoms with Crippen LogP contribution in [0.1, 0.15) is 69.1 Å². The van der Waals surface area contributed by atoms with E-state index in [1.54, 1.807) is 12.1 Å². The largest absolute Gasteiger partial charge is 0.324 e. The number of carbonyl (C=O) groups is 1. The van der Waals surface area contributed by atoms with E-state index in [4.69, 9.17) is 0 Å². The second-order valence-electron chi connectivity index (χ2n) is 9.34. The Morgan fingerprint density at radius 3 is 2.74 bits per heavy atom. The van der Waals surface area contributed by atoms with Gasteiger partial charge in [-0.25, -0.2) is 0 Å². The minimum Gasteiger partial charge on any atom is -0.324 e. The normalized spacial score (nSPS) is 22.4. The van der Waals surface area contributed by atoms with Crippen LogP contribution in [0.25, 0.3) is 0 Å². The number of benzene rings is 2. The van der Waals surface area contributed by atoms with E-state index in [1.807, 2.05) is 24.3 Å². The molecule has 0 saturated heterocycles. The molecule has 2 aliphatic rings. The van der Waals surface area contributed by atoms with Crippen LogP contribution in [0.15, 0.2) is 42.5 Å². The highest BCUT2D eigenvalue weighted by atomic mass is 19.3. The van der Waals surface area contributed by atoms with E-state index in [9.17, 15) is 13.6 Å². The Hall–Kier alpha value is -2.47. The van der Waals surface area contributed by atoms with Crippen LogP contribution in [0.2, 0.25) is 0 Å². The van der Waals surface area contributed by atoms with Crippen molar-refractivity contribution in [3.05, 3.63) is 59.2 Å². The monoisotopic (exact) mass is 427 g/mol. The van der Waals surface area contributed by atoms with Crippen molar-refractivity contribution in [2.75, 3.05) is 10.7 Å². The molecule has 166 valence electrons. The van der Waals surface area contributed by atoms with E-state index in [0.717, 1.165) is 35.5 Å². The molecule has 2 aromatic rings. The van der Waals surface area contributed by atoms with Gasteiger partial charge >= 0.3 is 6.55 Å². The fourth-order valence-electron chi connectivity index (χ4n) is 5.28. The topological polar surface area (TPSA) is 44.4 Å². The third-order valence-corrected chi connectivity index (χ3v) is 6.70. The summed E-state index contributed by atoms with van der Waals surface area (Å²) in [6.45, 7) is 3.84. The van der Waals surface area contributed by atoms with Crippen molar-refractivity contribution in [3.63, 3.8) is 0 Å². The van der Waals surface area contributed by atoms with Gasteiger partial charge in [-0.05, 0) is 65.8 Å². The number of amides is 1. The first-order valence-electron chi connectivity index (χ1n) is 11.2. The Kier molecular flexibility index (Phi) is 6.02. The van der Waals surface area contributed by atoms with E-state index in [-0.39, 0.29) is 5.41 Å². The third kappa shape index (κ3) is 4.18. The predicted octanol–water partition coefficient (Wildman–Crippen LogP) is 6.06. The van der Waals surface area contributed by atoms with Crippen molar-refractivity contribution in [3.8, 4) is 0 Å². The Morgan fingerprint density at radius 2 is 2.00 bits per heavy atom. The summed E-state index contributed by atoms with van der Waals surface area (Å²) in [5.74, 6) is -0.0248. The molecule has 6 heteroatoms. The lowest BCUT2D eigenvalue weighted by molar-refractivity contribution is -0.127. The van der Waals surface area contributed by atoms with Crippen LogP contribution in [0.3, 0.4) is 0 Å². The Balaban J connectivity index is 1.62. The second-order valence-corrected chi connectivity index (χ2v) is 9.34. The molecule has 31 heavy (non-hydrogen) atoms. The molecule has 0 bridgehead atoms. The summed E-state index contributed by atoms with van der Waals surface area (Å²) in [5, 5.41) is 3.81. The zero-order valence-corrected chi connectivity index (χ0v) is 18.4. The standard InChI is InChI=1S/C25H31F2N3O/c1-4-8-17-15-25(2,3)18-10-7-12-20(22(17)18)28-23(31)21-14-13-16-9-5-6-11-19(16)29-30(21)24(26)27/h5-7,9-12,17,21,24,29H,4,8,13-15H2,1-3H3,(H,28,31). The molecule has 4 nitrogen and oxygen atoms in total. The van der Waals surface area contributed by atoms with Crippen LogP contribution in [0, 0.1) is 0 Å². The number of alkyl halides is 2. The first-order valence-corrected chi connectivity index (χ1v) is 11.2. The van der Waals surface area contributed by atoms with Gasteiger partial charge in [0.15, 0.2) is 0 Å². The van der Waals surface area contributed by atoms with Gasteiger partial charge in [0, 0.05) is 5.69 Å². The number of carbonyl (C=O) groups excluding carboxylic acids is 1. The van der Waals surface area contributed by atoms with E-state index in [0.29, 0.717) is 24.4 Å². The van der Waals surface area contributed by atoms with Crippen molar-refractivity contribution in [1.29, 1.82) is 0 Å². The predicted molar refractivity (Wildman–Crippen MR) is 120 cm³/mol. The molecular weight excluding hydrogens is 396 g/mol. The molecule has 0 aromatic heterocycles. The Morgan fingerprint density at radius 1 is 1.23 bits per heavy atom. The Labute approximate surface area is 183 Å². The van der Waals surface area contributed by atoms with Gasteiger partial charge in [-0.2, -0.15) is 13.8 Å². The number of hydrogen-bond acceptors (Lipinski definition) is 3. The van der Waals surface area contributed by atoms with Crippen molar-refractivity contribution < 1.29 is 13.6 Å².